The van der Waals surface area contributed by atoms with E-state index >= 15 is 0 Å². The summed E-state index contributed by atoms with van der Waals surface area (Å²) in [4.78, 5) is 16.1. The summed E-state index contributed by atoms with van der Waals surface area (Å²) >= 11 is 6.00. The van der Waals surface area contributed by atoms with Crippen LogP contribution >= 0.6 is 11.6 Å². The zero-order valence-electron chi connectivity index (χ0n) is 11.6. The van der Waals surface area contributed by atoms with E-state index in [1.807, 2.05) is 6.92 Å². The second kappa shape index (κ2) is 7.45. The smallest absolute Gasteiger partial charge is 0.253 e. The van der Waals surface area contributed by atoms with Gasteiger partial charge in [0.15, 0.2) is 0 Å². The molecule has 2 rings (SSSR count). The van der Waals surface area contributed by atoms with Crippen LogP contribution < -0.4 is 10.6 Å². The predicted molar refractivity (Wildman–Crippen MR) is 79.3 cm³/mol. The Kier molecular flexibility index (Phi) is 5.61. The number of carbonyl (C=O) groups is 1. The molecule has 2 N–H and O–H groups in total. The van der Waals surface area contributed by atoms with Crippen molar-refractivity contribution in [1.29, 1.82) is 0 Å². The first kappa shape index (κ1) is 15.1. The third-order valence-electron chi connectivity index (χ3n) is 3.04. The molecular formula is C14H20ClN3O2. The lowest BCUT2D eigenvalue weighted by atomic mass is 10.2. The molecular weight excluding hydrogens is 278 g/mol. The average molecular weight is 298 g/mol. The maximum atomic E-state index is 12.0. The first-order valence-electron chi connectivity index (χ1n) is 6.96. The van der Waals surface area contributed by atoms with Gasteiger partial charge in [0.2, 0.25) is 0 Å². The minimum atomic E-state index is -0.202. The van der Waals surface area contributed by atoms with E-state index < -0.39 is 0 Å². The monoisotopic (exact) mass is 297 g/mol. The highest BCUT2D eigenvalue weighted by Gasteiger charge is 2.21. The Morgan fingerprint density at radius 3 is 3.05 bits per heavy atom. The van der Waals surface area contributed by atoms with Gasteiger partial charge >= 0.3 is 0 Å². The summed E-state index contributed by atoms with van der Waals surface area (Å²) in [6, 6.07) is 1.66. The van der Waals surface area contributed by atoms with Crippen molar-refractivity contribution in [3.05, 3.63) is 22.8 Å². The zero-order valence-corrected chi connectivity index (χ0v) is 12.4. The summed E-state index contributed by atoms with van der Waals surface area (Å²) in [5.74, 6) is 1.18. The number of ether oxygens (including phenoxy) is 1. The van der Waals surface area contributed by atoms with E-state index in [9.17, 15) is 4.79 Å². The van der Waals surface area contributed by atoms with Crippen molar-refractivity contribution < 1.29 is 9.53 Å². The molecule has 0 bridgehead atoms. The molecule has 20 heavy (non-hydrogen) atoms. The molecule has 1 aromatic rings. The largest absolute Gasteiger partial charge is 0.379 e. The number of carbonyl (C=O) groups excluding carboxylic acids is 1. The van der Waals surface area contributed by atoms with Crippen LogP contribution in [0.2, 0.25) is 5.02 Å². The van der Waals surface area contributed by atoms with Crippen LogP contribution in [0.5, 0.6) is 0 Å². The molecule has 1 aliphatic rings. The third kappa shape index (κ3) is 4.65. The maximum Gasteiger partial charge on any atom is 0.253 e. The second-order valence-corrected chi connectivity index (χ2v) is 5.26. The number of nitrogens with one attached hydrogen (secondary N) is 2. The van der Waals surface area contributed by atoms with Crippen molar-refractivity contribution in [2.75, 3.05) is 31.6 Å². The van der Waals surface area contributed by atoms with Gasteiger partial charge < -0.3 is 15.4 Å². The second-order valence-electron chi connectivity index (χ2n) is 4.85. The van der Waals surface area contributed by atoms with Crippen molar-refractivity contribution in [2.45, 2.75) is 19.8 Å². The molecule has 1 saturated carbocycles. The van der Waals surface area contributed by atoms with E-state index in [4.69, 9.17) is 16.3 Å². The molecule has 1 aromatic heterocycles. The van der Waals surface area contributed by atoms with Gasteiger partial charge in [-0.3, -0.25) is 4.79 Å². The molecule has 110 valence electrons. The number of hydrogen-bond donors (Lipinski definition) is 2. The highest BCUT2D eigenvalue weighted by molar-refractivity contribution is 6.33. The molecule has 0 radical (unpaired) electrons. The van der Waals surface area contributed by atoms with Crippen molar-refractivity contribution in [3.8, 4) is 0 Å². The van der Waals surface area contributed by atoms with Gasteiger partial charge in [-0.05, 0) is 31.7 Å². The van der Waals surface area contributed by atoms with Crippen LogP contribution in [0.15, 0.2) is 12.3 Å². The van der Waals surface area contributed by atoms with Gasteiger partial charge in [-0.1, -0.05) is 11.6 Å². The predicted octanol–water partition coefficient (Wildman–Crippen LogP) is 2.32. The standard InChI is InChI=1S/C14H20ClN3O2/c1-2-16-13-7-11(12(15)8-18-13)14(19)17-5-6-20-9-10-3-4-10/h7-8,10H,2-6,9H2,1H3,(H,16,18)(H,17,19). The molecule has 0 aromatic carbocycles. The van der Waals surface area contributed by atoms with Gasteiger partial charge in [0.1, 0.15) is 5.82 Å². The number of anilines is 1. The highest BCUT2D eigenvalue weighted by atomic mass is 35.5. The molecule has 0 spiro atoms. The fraction of sp³-hybridized carbons (Fsp3) is 0.571. The first-order valence-corrected chi connectivity index (χ1v) is 7.34. The molecule has 1 aliphatic carbocycles. The molecule has 0 unspecified atom stereocenters. The fourth-order valence-corrected chi connectivity index (χ4v) is 1.95. The van der Waals surface area contributed by atoms with E-state index in [1.54, 1.807) is 6.07 Å². The van der Waals surface area contributed by atoms with Crippen molar-refractivity contribution in [2.24, 2.45) is 5.92 Å². The Bertz CT molecular complexity index is 464. The van der Waals surface area contributed by atoms with Gasteiger partial charge in [-0.15, -0.1) is 0 Å². The summed E-state index contributed by atoms with van der Waals surface area (Å²) < 4.78 is 5.46. The average Bonchev–Trinajstić information content (AvgIpc) is 3.25. The van der Waals surface area contributed by atoms with Crippen LogP contribution in [-0.2, 0) is 4.74 Å². The number of rotatable bonds is 8. The minimum absolute atomic E-state index is 0.202. The Labute approximate surface area is 124 Å². The SMILES string of the molecule is CCNc1cc(C(=O)NCCOCC2CC2)c(Cl)cn1. The Morgan fingerprint density at radius 2 is 2.35 bits per heavy atom. The lowest BCUT2D eigenvalue weighted by Gasteiger charge is -2.09. The van der Waals surface area contributed by atoms with Crippen LogP contribution in [0.3, 0.4) is 0 Å². The van der Waals surface area contributed by atoms with Gasteiger partial charge in [0, 0.05) is 25.9 Å². The molecule has 5 nitrogen and oxygen atoms in total. The summed E-state index contributed by atoms with van der Waals surface area (Å²) in [6.45, 7) is 4.53. The normalized spacial score (nSPS) is 14.1. The third-order valence-corrected chi connectivity index (χ3v) is 3.34. The minimum Gasteiger partial charge on any atom is -0.379 e. The summed E-state index contributed by atoms with van der Waals surface area (Å²) in [5, 5.41) is 6.20. The highest BCUT2D eigenvalue weighted by Crippen LogP contribution is 2.28. The van der Waals surface area contributed by atoms with Crippen molar-refractivity contribution in [3.63, 3.8) is 0 Å². The van der Waals surface area contributed by atoms with Crippen LogP contribution in [0.4, 0.5) is 5.82 Å². The molecule has 0 aliphatic heterocycles. The number of halogens is 1. The van der Waals surface area contributed by atoms with Crippen LogP contribution in [-0.4, -0.2) is 37.2 Å². The summed E-state index contributed by atoms with van der Waals surface area (Å²) in [6.07, 6.45) is 4.02. The number of amides is 1. The van der Waals surface area contributed by atoms with Crippen LogP contribution in [0.25, 0.3) is 0 Å². The molecule has 6 heteroatoms. The van der Waals surface area contributed by atoms with E-state index in [1.165, 1.54) is 19.0 Å². The summed E-state index contributed by atoms with van der Waals surface area (Å²) in [5.41, 5.74) is 0.430. The van der Waals surface area contributed by atoms with Gasteiger partial charge in [-0.2, -0.15) is 0 Å². The van der Waals surface area contributed by atoms with E-state index in [0.717, 1.165) is 19.1 Å². The van der Waals surface area contributed by atoms with E-state index in [2.05, 4.69) is 15.6 Å². The van der Waals surface area contributed by atoms with Gasteiger partial charge in [-0.25, -0.2) is 4.98 Å². The van der Waals surface area contributed by atoms with Crippen LogP contribution in [0, 0.1) is 5.92 Å². The lowest BCUT2D eigenvalue weighted by molar-refractivity contribution is 0.0906. The number of aromatic nitrogens is 1. The van der Waals surface area contributed by atoms with Crippen LogP contribution in [0.1, 0.15) is 30.1 Å². The maximum absolute atomic E-state index is 12.0. The molecule has 1 amide bonds. The van der Waals surface area contributed by atoms with Crippen molar-refractivity contribution >= 4 is 23.3 Å². The Morgan fingerprint density at radius 1 is 1.55 bits per heavy atom. The molecule has 1 fully saturated rings. The fourth-order valence-electron chi connectivity index (χ4n) is 1.76. The summed E-state index contributed by atoms with van der Waals surface area (Å²) in [7, 11) is 0. The number of hydrogen-bond acceptors (Lipinski definition) is 4. The van der Waals surface area contributed by atoms with Gasteiger partial charge in [0.05, 0.1) is 17.2 Å². The van der Waals surface area contributed by atoms with Gasteiger partial charge in [0.25, 0.3) is 5.91 Å². The Balaban J connectivity index is 1.79. The number of pyridine rings is 1. The Hall–Kier alpha value is -1.33. The molecule has 0 atom stereocenters. The topological polar surface area (TPSA) is 63.2 Å². The quantitative estimate of drug-likeness (QED) is 0.723. The number of nitrogens with zero attached hydrogens (tertiary/aromatic N) is 1. The van der Waals surface area contributed by atoms with E-state index in [-0.39, 0.29) is 5.91 Å². The zero-order chi connectivity index (χ0) is 14.4. The molecule has 0 saturated heterocycles. The molecule has 1 heterocycles. The van der Waals surface area contributed by atoms with E-state index in [0.29, 0.717) is 29.6 Å². The first-order chi connectivity index (χ1) is 9.70. The lowest BCUT2D eigenvalue weighted by Crippen LogP contribution is -2.28. The van der Waals surface area contributed by atoms with Crippen molar-refractivity contribution in [1.82, 2.24) is 10.3 Å².